The first-order valence-electron chi connectivity index (χ1n) is 10.7. The van der Waals surface area contributed by atoms with E-state index < -0.39 is 0 Å². The van der Waals surface area contributed by atoms with E-state index in [-0.39, 0.29) is 37.3 Å². The maximum Gasteiger partial charge on any atom is 0.326 e. The van der Waals surface area contributed by atoms with Crippen LogP contribution in [0.25, 0.3) is 0 Å². The molecular weight excluding hydrogens is 412 g/mol. The Labute approximate surface area is 187 Å². The van der Waals surface area contributed by atoms with Crippen molar-refractivity contribution in [1.82, 2.24) is 19.9 Å². The molecule has 0 spiro atoms. The zero-order valence-electron chi connectivity index (χ0n) is 18.1. The molecule has 4 rings (SSSR count). The monoisotopic (exact) mass is 440 g/mol. The summed E-state index contributed by atoms with van der Waals surface area (Å²) in [5.74, 6) is 1.01. The third kappa shape index (κ3) is 5.95. The summed E-state index contributed by atoms with van der Waals surface area (Å²) < 4.78 is 28.1. The van der Waals surface area contributed by atoms with Crippen LogP contribution in [0.5, 0.6) is 23.8 Å². The van der Waals surface area contributed by atoms with E-state index in [1.54, 1.807) is 12.2 Å². The number of morpholine rings is 1. The van der Waals surface area contributed by atoms with E-state index >= 15 is 0 Å². The molecule has 170 valence electrons. The Morgan fingerprint density at radius 2 is 1.72 bits per heavy atom. The molecular formula is C23H28N4O5. The van der Waals surface area contributed by atoms with Gasteiger partial charge in [0.2, 0.25) is 0 Å². The number of hydrogen-bond donors (Lipinski definition) is 0. The van der Waals surface area contributed by atoms with Crippen molar-refractivity contribution in [2.24, 2.45) is 0 Å². The summed E-state index contributed by atoms with van der Waals surface area (Å²) in [6.07, 6.45) is 4.08. The predicted octanol–water partition coefficient (Wildman–Crippen LogP) is 2.22. The third-order valence-electron chi connectivity index (χ3n) is 5.02. The predicted molar refractivity (Wildman–Crippen MR) is 117 cm³/mol. The second-order valence-electron chi connectivity index (χ2n) is 7.46. The van der Waals surface area contributed by atoms with Gasteiger partial charge in [-0.25, -0.2) is 0 Å². The van der Waals surface area contributed by atoms with Crippen LogP contribution in [0.4, 0.5) is 0 Å². The van der Waals surface area contributed by atoms with Crippen LogP contribution < -0.4 is 18.9 Å². The van der Waals surface area contributed by atoms with Crippen LogP contribution in [0.15, 0.2) is 43.5 Å². The van der Waals surface area contributed by atoms with E-state index in [0.717, 1.165) is 38.4 Å². The molecule has 2 aliphatic rings. The van der Waals surface area contributed by atoms with E-state index in [2.05, 4.69) is 51.2 Å². The van der Waals surface area contributed by atoms with Gasteiger partial charge in [-0.2, -0.15) is 0 Å². The van der Waals surface area contributed by atoms with Crippen molar-refractivity contribution in [3.05, 3.63) is 54.6 Å². The minimum absolute atomic E-state index is 0.103. The molecule has 9 nitrogen and oxygen atoms in total. The summed E-state index contributed by atoms with van der Waals surface area (Å²) in [6.45, 7) is 12.0. The molecule has 0 amide bonds. The van der Waals surface area contributed by atoms with Crippen molar-refractivity contribution in [3.8, 4) is 23.8 Å². The van der Waals surface area contributed by atoms with Crippen LogP contribution in [-0.2, 0) is 17.7 Å². The average Bonchev–Trinajstić information content (AvgIpc) is 3.28. The first-order chi connectivity index (χ1) is 15.7. The van der Waals surface area contributed by atoms with Gasteiger partial charge in [0.15, 0.2) is 0 Å². The molecule has 1 aromatic carbocycles. The van der Waals surface area contributed by atoms with Gasteiger partial charge in [-0.3, -0.25) is 4.90 Å². The Morgan fingerprint density at radius 1 is 1.00 bits per heavy atom. The van der Waals surface area contributed by atoms with E-state index in [4.69, 9.17) is 23.7 Å². The molecule has 2 aromatic rings. The molecule has 2 aliphatic heterocycles. The Kier molecular flexibility index (Phi) is 7.52. The molecule has 1 unspecified atom stereocenters. The van der Waals surface area contributed by atoms with E-state index in [1.807, 2.05) is 0 Å². The molecule has 0 bridgehead atoms. The van der Waals surface area contributed by atoms with Gasteiger partial charge in [-0.15, -0.1) is 15.0 Å². The average molecular weight is 441 g/mol. The lowest BCUT2D eigenvalue weighted by atomic mass is 10.1. The van der Waals surface area contributed by atoms with Crippen molar-refractivity contribution in [2.75, 3.05) is 46.1 Å². The fourth-order valence-electron chi connectivity index (χ4n) is 3.57. The van der Waals surface area contributed by atoms with Crippen LogP contribution in [0.1, 0.15) is 11.1 Å². The van der Waals surface area contributed by atoms with E-state index in [0.29, 0.717) is 13.2 Å². The molecule has 0 N–H and O–H groups in total. The first kappa shape index (κ1) is 22.0. The van der Waals surface area contributed by atoms with Gasteiger partial charge in [-0.1, -0.05) is 37.4 Å². The Morgan fingerprint density at radius 3 is 2.44 bits per heavy atom. The summed E-state index contributed by atoms with van der Waals surface area (Å²) in [5, 5.41) is 0. The highest BCUT2D eigenvalue weighted by molar-refractivity contribution is 5.39. The fourth-order valence-corrected chi connectivity index (χ4v) is 3.57. The molecule has 1 aromatic heterocycles. The fraction of sp³-hybridized carbons (Fsp3) is 0.435. The Hall–Kier alpha value is -3.17. The van der Waals surface area contributed by atoms with Crippen LogP contribution in [0.3, 0.4) is 0 Å². The Bertz CT molecular complexity index is 908. The number of ether oxygens (including phenoxy) is 5. The number of fused-ring (bicyclic) bond motifs is 1. The largest absolute Gasteiger partial charge is 0.493 e. The van der Waals surface area contributed by atoms with Gasteiger partial charge in [0.05, 0.1) is 13.2 Å². The van der Waals surface area contributed by atoms with Crippen molar-refractivity contribution in [2.45, 2.75) is 19.1 Å². The zero-order valence-corrected chi connectivity index (χ0v) is 18.1. The summed E-state index contributed by atoms with van der Waals surface area (Å²) in [6, 6.07) is 6.78. The highest BCUT2D eigenvalue weighted by Crippen LogP contribution is 2.26. The topological polar surface area (TPSA) is 88.1 Å². The smallest absolute Gasteiger partial charge is 0.326 e. The normalized spacial score (nSPS) is 17.8. The molecule has 1 saturated heterocycles. The SMILES string of the molecule is C=CCOc1nc(OCC=C)nc(OCC2CN(Cc3ccc4c(c3)CCO4)CCO2)n1. The standard InChI is InChI=1S/C23H28N4O5/c1-3-9-30-21-24-22(31-10-4-2)26-23(25-21)32-16-19-15-27(8-12-28-19)14-17-5-6-20-18(13-17)7-11-29-20/h3-6,13,19H,1-2,7-12,14-16H2. The molecule has 1 fully saturated rings. The molecule has 3 heterocycles. The lowest BCUT2D eigenvalue weighted by Gasteiger charge is -2.32. The second kappa shape index (κ2) is 10.9. The summed E-state index contributed by atoms with van der Waals surface area (Å²) in [4.78, 5) is 14.8. The van der Waals surface area contributed by atoms with Gasteiger partial charge in [0.1, 0.15) is 31.7 Å². The van der Waals surface area contributed by atoms with Crippen LogP contribution in [-0.4, -0.2) is 72.1 Å². The maximum atomic E-state index is 5.89. The molecule has 0 radical (unpaired) electrons. The summed E-state index contributed by atoms with van der Waals surface area (Å²) in [5.41, 5.74) is 2.57. The van der Waals surface area contributed by atoms with E-state index in [9.17, 15) is 0 Å². The van der Waals surface area contributed by atoms with Gasteiger partial charge < -0.3 is 23.7 Å². The van der Waals surface area contributed by atoms with Gasteiger partial charge in [-0.05, 0) is 17.2 Å². The maximum absolute atomic E-state index is 5.89. The van der Waals surface area contributed by atoms with Crippen molar-refractivity contribution in [3.63, 3.8) is 0 Å². The highest BCUT2D eigenvalue weighted by atomic mass is 16.6. The lowest BCUT2D eigenvalue weighted by Crippen LogP contribution is -2.44. The lowest BCUT2D eigenvalue weighted by molar-refractivity contribution is -0.0518. The number of nitrogens with zero attached hydrogens (tertiary/aromatic N) is 4. The van der Waals surface area contributed by atoms with Gasteiger partial charge >= 0.3 is 18.0 Å². The molecule has 1 atom stereocenters. The first-order valence-corrected chi connectivity index (χ1v) is 10.7. The molecule has 0 aliphatic carbocycles. The third-order valence-corrected chi connectivity index (χ3v) is 5.02. The summed E-state index contributed by atoms with van der Waals surface area (Å²) >= 11 is 0. The van der Waals surface area contributed by atoms with Gasteiger partial charge in [0, 0.05) is 26.1 Å². The number of benzene rings is 1. The Balaban J connectivity index is 1.33. The van der Waals surface area contributed by atoms with Crippen molar-refractivity contribution >= 4 is 0 Å². The molecule has 9 heteroatoms. The molecule has 32 heavy (non-hydrogen) atoms. The highest BCUT2D eigenvalue weighted by Gasteiger charge is 2.23. The van der Waals surface area contributed by atoms with Crippen LogP contribution >= 0.6 is 0 Å². The molecule has 0 saturated carbocycles. The minimum Gasteiger partial charge on any atom is -0.493 e. The van der Waals surface area contributed by atoms with Gasteiger partial charge in [0.25, 0.3) is 0 Å². The second-order valence-corrected chi connectivity index (χ2v) is 7.46. The summed E-state index contributed by atoms with van der Waals surface area (Å²) in [7, 11) is 0. The van der Waals surface area contributed by atoms with Crippen LogP contribution in [0, 0.1) is 0 Å². The quantitative estimate of drug-likeness (QED) is 0.488. The van der Waals surface area contributed by atoms with Crippen LogP contribution in [0.2, 0.25) is 0 Å². The van der Waals surface area contributed by atoms with Crippen molar-refractivity contribution in [1.29, 1.82) is 0 Å². The zero-order chi connectivity index (χ0) is 22.2. The van der Waals surface area contributed by atoms with E-state index in [1.165, 1.54) is 11.1 Å². The number of aromatic nitrogens is 3. The number of rotatable bonds is 11. The minimum atomic E-state index is -0.103. The number of hydrogen-bond acceptors (Lipinski definition) is 9. The van der Waals surface area contributed by atoms with Crippen molar-refractivity contribution < 1.29 is 23.7 Å².